The summed E-state index contributed by atoms with van der Waals surface area (Å²) in [6, 6.07) is 0. The zero-order valence-corrected chi connectivity index (χ0v) is 15.9. The minimum atomic E-state index is -0.893. The largest absolute Gasteiger partial charge is 0.491 e. The fourth-order valence-corrected chi connectivity index (χ4v) is 4.69. The number of fused-ring (bicyclic) bond motifs is 2. The molecule has 2 aliphatic rings. The zero-order valence-electron chi connectivity index (χ0n) is 14.3. The van der Waals surface area contributed by atoms with Gasteiger partial charge in [-0.05, 0) is 28.8 Å². The first kappa shape index (κ1) is 17.9. The van der Waals surface area contributed by atoms with Crippen LogP contribution in [0, 0.1) is 5.41 Å². The molecule has 1 saturated carbocycles. The first-order valence-corrected chi connectivity index (χ1v) is 8.97. The molecule has 0 amide bonds. The van der Waals surface area contributed by atoms with Crippen LogP contribution in [0.3, 0.4) is 0 Å². The highest BCUT2D eigenvalue weighted by atomic mass is 79.9. The molecular weight excluding hydrogens is 378 g/mol. The number of ether oxygens (including phenoxy) is 3. The summed E-state index contributed by atoms with van der Waals surface area (Å²) in [5, 5.41) is 11.4. The average molecular weight is 402 g/mol. The van der Waals surface area contributed by atoms with Crippen LogP contribution >= 0.6 is 15.9 Å². The fraction of sp³-hybridized carbons (Fsp3) is 0.706. The van der Waals surface area contributed by atoms with E-state index in [2.05, 4.69) is 15.9 Å². The molecule has 3 unspecified atom stereocenters. The van der Waals surface area contributed by atoms with Gasteiger partial charge in [0.15, 0.2) is 5.75 Å². The van der Waals surface area contributed by atoms with Gasteiger partial charge < -0.3 is 23.9 Å². The Morgan fingerprint density at radius 3 is 2.75 bits per heavy atom. The summed E-state index contributed by atoms with van der Waals surface area (Å²) in [7, 11) is 3.05. The minimum absolute atomic E-state index is 0.0870. The van der Waals surface area contributed by atoms with E-state index in [-0.39, 0.29) is 18.0 Å². The number of hydrogen-bond donors (Lipinski definition) is 1. The molecule has 0 radical (unpaired) electrons. The van der Waals surface area contributed by atoms with E-state index >= 15 is 0 Å². The van der Waals surface area contributed by atoms with Crippen molar-refractivity contribution in [2.24, 2.45) is 5.41 Å². The monoisotopic (exact) mass is 401 g/mol. The lowest BCUT2D eigenvalue weighted by Gasteiger charge is -2.56. The molecule has 2 heterocycles. The zero-order chi connectivity index (χ0) is 17.5. The number of methoxy groups -OCH3 is 2. The van der Waals surface area contributed by atoms with E-state index in [9.17, 15) is 9.90 Å². The molecule has 3 atom stereocenters. The standard InChI is InChI=1S/C17H24BrNO5/c1-16-6-4-5-7-17(16,21)9-19-8-11(18)13(20)14(23-3)12(19)15(16)24-10-22-2/h8,15,21H,4-7,9-10H2,1-3H3. The van der Waals surface area contributed by atoms with Crippen molar-refractivity contribution in [3.05, 3.63) is 26.6 Å². The van der Waals surface area contributed by atoms with Crippen LogP contribution in [0.5, 0.6) is 5.75 Å². The maximum atomic E-state index is 12.5. The van der Waals surface area contributed by atoms with Gasteiger partial charge >= 0.3 is 0 Å². The van der Waals surface area contributed by atoms with Gasteiger partial charge in [-0.2, -0.15) is 0 Å². The SMILES string of the molecule is COCOC1c2c(OC)c(=O)c(Br)cn2CC2(O)CCCCC12C. The number of aliphatic hydroxyl groups is 1. The molecule has 1 fully saturated rings. The second-order valence-corrected chi connectivity index (χ2v) is 7.82. The Labute approximate surface area is 149 Å². The molecule has 134 valence electrons. The van der Waals surface area contributed by atoms with E-state index in [0.717, 1.165) is 19.3 Å². The van der Waals surface area contributed by atoms with Crippen molar-refractivity contribution in [3.8, 4) is 5.75 Å². The van der Waals surface area contributed by atoms with Gasteiger partial charge in [0.05, 0.1) is 29.4 Å². The van der Waals surface area contributed by atoms with Gasteiger partial charge in [-0.3, -0.25) is 4.79 Å². The molecule has 6 nitrogen and oxygen atoms in total. The van der Waals surface area contributed by atoms with E-state index in [1.807, 2.05) is 11.5 Å². The summed E-state index contributed by atoms with van der Waals surface area (Å²) >= 11 is 3.30. The van der Waals surface area contributed by atoms with Gasteiger partial charge in [0, 0.05) is 18.7 Å². The smallest absolute Gasteiger partial charge is 0.237 e. The molecule has 1 N–H and O–H groups in total. The third-order valence-corrected chi connectivity index (χ3v) is 6.21. The molecular formula is C17H24BrNO5. The number of aromatic nitrogens is 1. The summed E-state index contributed by atoms with van der Waals surface area (Å²) in [5.41, 5.74) is -0.926. The van der Waals surface area contributed by atoms with Crippen molar-refractivity contribution in [2.75, 3.05) is 21.0 Å². The van der Waals surface area contributed by atoms with Crippen LogP contribution in [0.2, 0.25) is 0 Å². The lowest BCUT2D eigenvalue weighted by atomic mass is 9.59. The lowest BCUT2D eigenvalue weighted by molar-refractivity contribution is -0.221. The number of rotatable bonds is 4. The summed E-state index contributed by atoms with van der Waals surface area (Å²) < 4.78 is 18.8. The van der Waals surface area contributed by atoms with Crippen LogP contribution in [0.25, 0.3) is 0 Å². The molecule has 0 bridgehead atoms. The molecule has 24 heavy (non-hydrogen) atoms. The molecule has 1 aromatic heterocycles. The number of halogens is 1. The van der Waals surface area contributed by atoms with Crippen LogP contribution in [0.1, 0.15) is 44.4 Å². The summed E-state index contributed by atoms with van der Waals surface area (Å²) in [5.74, 6) is 0.263. The average Bonchev–Trinajstić information content (AvgIpc) is 2.54. The second-order valence-electron chi connectivity index (χ2n) is 6.96. The first-order chi connectivity index (χ1) is 11.4. The predicted octanol–water partition coefficient (Wildman–Crippen LogP) is 2.61. The summed E-state index contributed by atoms with van der Waals surface area (Å²) in [4.78, 5) is 12.5. The fourth-order valence-electron chi connectivity index (χ4n) is 4.26. The maximum Gasteiger partial charge on any atom is 0.237 e. The van der Waals surface area contributed by atoms with E-state index in [4.69, 9.17) is 14.2 Å². The van der Waals surface area contributed by atoms with Gasteiger partial charge in [0.25, 0.3) is 0 Å². The van der Waals surface area contributed by atoms with E-state index < -0.39 is 17.1 Å². The van der Waals surface area contributed by atoms with Crippen molar-refractivity contribution in [1.82, 2.24) is 4.57 Å². The van der Waals surface area contributed by atoms with Gasteiger partial charge in [-0.1, -0.05) is 19.8 Å². The normalized spacial score (nSPS) is 32.1. The van der Waals surface area contributed by atoms with Gasteiger partial charge in [-0.25, -0.2) is 0 Å². The van der Waals surface area contributed by atoms with Gasteiger partial charge in [-0.15, -0.1) is 0 Å². The van der Waals surface area contributed by atoms with E-state index in [0.29, 0.717) is 23.1 Å². The Hall–Kier alpha value is -0.890. The van der Waals surface area contributed by atoms with Crippen LogP contribution < -0.4 is 10.2 Å². The van der Waals surface area contributed by atoms with Crippen LogP contribution in [0.4, 0.5) is 0 Å². The number of nitrogens with zero attached hydrogens (tertiary/aromatic N) is 1. The van der Waals surface area contributed by atoms with Gasteiger partial charge in [0.2, 0.25) is 5.43 Å². The summed E-state index contributed by atoms with van der Waals surface area (Å²) in [6.07, 6.45) is 4.78. The molecule has 0 aromatic carbocycles. The molecule has 0 saturated heterocycles. The molecule has 7 heteroatoms. The first-order valence-electron chi connectivity index (χ1n) is 8.18. The Balaban J connectivity index is 2.23. The van der Waals surface area contributed by atoms with Crippen molar-refractivity contribution in [3.63, 3.8) is 0 Å². The van der Waals surface area contributed by atoms with Crippen molar-refractivity contribution in [2.45, 2.75) is 50.9 Å². The lowest BCUT2D eigenvalue weighted by Crippen LogP contribution is -2.59. The predicted molar refractivity (Wildman–Crippen MR) is 92.2 cm³/mol. The third-order valence-electron chi connectivity index (χ3n) is 5.65. The number of hydrogen-bond acceptors (Lipinski definition) is 5. The third kappa shape index (κ3) is 2.53. The Kier molecular flexibility index (Phi) is 4.81. The van der Waals surface area contributed by atoms with Gasteiger partial charge in [0.1, 0.15) is 12.9 Å². The highest BCUT2D eigenvalue weighted by Crippen LogP contribution is 2.57. The van der Waals surface area contributed by atoms with Crippen LogP contribution in [-0.4, -0.2) is 36.3 Å². The van der Waals surface area contributed by atoms with Crippen molar-refractivity contribution in [1.29, 1.82) is 0 Å². The Bertz CT molecular complexity index is 690. The second kappa shape index (κ2) is 6.44. The van der Waals surface area contributed by atoms with Crippen LogP contribution in [0.15, 0.2) is 15.5 Å². The molecule has 1 aromatic rings. The quantitative estimate of drug-likeness (QED) is 0.785. The summed E-state index contributed by atoms with van der Waals surface area (Å²) in [6.45, 7) is 2.55. The van der Waals surface area contributed by atoms with E-state index in [1.165, 1.54) is 7.11 Å². The Morgan fingerprint density at radius 2 is 2.08 bits per heavy atom. The molecule has 1 aliphatic heterocycles. The molecule has 0 spiro atoms. The highest BCUT2D eigenvalue weighted by molar-refractivity contribution is 9.10. The molecule has 3 rings (SSSR count). The maximum absolute atomic E-state index is 12.5. The van der Waals surface area contributed by atoms with Crippen LogP contribution in [-0.2, 0) is 16.0 Å². The Morgan fingerprint density at radius 1 is 1.38 bits per heavy atom. The number of pyridine rings is 1. The molecule has 1 aliphatic carbocycles. The minimum Gasteiger partial charge on any atom is -0.491 e. The topological polar surface area (TPSA) is 69.9 Å². The van der Waals surface area contributed by atoms with E-state index in [1.54, 1.807) is 13.3 Å². The highest BCUT2D eigenvalue weighted by Gasteiger charge is 2.58. The van der Waals surface area contributed by atoms with Crippen molar-refractivity contribution < 1.29 is 19.3 Å². The van der Waals surface area contributed by atoms with Crippen molar-refractivity contribution >= 4 is 15.9 Å².